The molecule has 166 valence electrons. The fourth-order valence-electron chi connectivity index (χ4n) is 3.39. The van der Waals surface area contributed by atoms with Gasteiger partial charge in [0.25, 0.3) is 5.91 Å². The van der Waals surface area contributed by atoms with Crippen LogP contribution in [0.3, 0.4) is 0 Å². The van der Waals surface area contributed by atoms with Crippen molar-refractivity contribution in [2.45, 2.75) is 27.7 Å². The third-order valence-electron chi connectivity index (χ3n) is 4.86. The molecule has 2 aromatic carbocycles. The zero-order chi connectivity index (χ0) is 23.4. The number of esters is 1. The number of nitrogens with zero attached hydrogens (tertiary/aromatic N) is 1. The maximum atomic E-state index is 12.7. The number of carbonyl (C=O) groups excluding carboxylic acids is 2. The van der Waals surface area contributed by atoms with Gasteiger partial charge in [-0.2, -0.15) is 0 Å². The molecule has 0 saturated heterocycles. The lowest BCUT2D eigenvalue weighted by atomic mass is 10.0. The molecule has 0 aromatic heterocycles. The minimum absolute atomic E-state index is 0.106. The third-order valence-corrected chi connectivity index (χ3v) is 5.88. The van der Waals surface area contributed by atoms with Crippen molar-refractivity contribution in [3.8, 4) is 5.75 Å². The Balaban J connectivity index is 2.03. The molecule has 0 atom stereocenters. The second-order valence-electron chi connectivity index (χ2n) is 7.33. The van der Waals surface area contributed by atoms with Crippen molar-refractivity contribution >= 4 is 34.8 Å². The van der Waals surface area contributed by atoms with E-state index in [9.17, 15) is 14.7 Å². The van der Waals surface area contributed by atoms with Gasteiger partial charge in [0, 0.05) is 5.56 Å². The first kappa shape index (κ1) is 23.3. The number of amides is 1. The lowest BCUT2D eigenvalue weighted by Crippen LogP contribution is -2.14. The zero-order valence-corrected chi connectivity index (χ0v) is 19.5. The molecule has 1 aliphatic heterocycles. The molecule has 0 aliphatic carbocycles. The Morgan fingerprint density at radius 3 is 2.28 bits per heavy atom. The molecule has 0 radical (unpaired) electrons. The number of aliphatic hydroxyl groups is 1. The number of ether oxygens (including phenoxy) is 2. The number of aliphatic hydroxyl groups excluding tert-OH is 1. The molecule has 0 saturated carbocycles. The first-order valence-corrected chi connectivity index (χ1v) is 10.9. The standard InChI is InChI=1S/C25H25NO5S/c1-6-31-25(29)20-21(27)19(13-17-11-15(3)22(30-5)16(4)12-17)32-24(20)26-23(28)18-9-7-14(2)8-10-18/h7-13,27H,6H2,1-5H3/b19-13-,26-24?. The van der Waals surface area contributed by atoms with Crippen molar-refractivity contribution in [1.82, 2.24) is 0 Å². The van der Waals surface area contributed by atoms with Crippen LogP contribution in [0.2, 0.25) is 0 Å². The lowest BCUT2D eigenvalue weighted by molar-refractivity contribution is -0.138. The van der Waals surface area contributed by atoms with Crippen LogP contribution < -0.4 is 4.74 Å². The van der Waals surface area contributed by atoms with Crippen molar-refractivity contribution < 1.29 is 24.2 Å². The third kappa shape index (κ3) is 4.94. The van der Waals surface area contributed by atoms with E-state index in [2.05, 4.69) is 4.99 Å². The van der Waals surface area contributed by atoms with Crippen molar-refractivity contribution in [2.75, 3.05) is 13.7 Å². The molecule has 1 heterocycles. The smallest absolute Gasteiger partial charge is 0.344 e. The van der Waals surface area contributed by atoms with Crippen LogP contribution in [0.4, 0.5) is 0 Å². The molecule has 1 N–H and O–H groups in total. The highest BCUT2D eigenvalue weighted by atomic mass is 32.2. The molecular formula is C25H25NO5S. The molecule has 7 heteroatoms. The fourth-order valence-corrected chi connectivity index (χ4v) is 4.40. The van der Waals surface area contributed by atoms with Crippen LogP contribution in [0.15, 0.2) is 57.6 Å². The summed E-state index contributed by atoms with van der Waals surface area (Å²) >= 11 is 1.06. The van der Waals surface area contributed by atoms with E-state index in [1.54, 1.807) is 32.2 Å². The minimum atomic E-state index is -0.724. The van der Waals surface area contributed by atoms with Crippen LogP contribution in [-0.4, -0.2) is 35.7 Å². The summed E-state index contributed by atoms with van der Waals surface area (Å²) in [6, 6.07) is 10.8. The van der Waals surface area contributed by atoms with E-state index in [4.69, 9.17) is 9.47 Å². The molecule has 6 nitrogen and oxygen atoms in total. The number of methoxy groups -OCH3 is 1. The highest BCUT2D eigenvalue weighted by Gasteiger charge is 2.34. The van der Waals surface area contributed by atoms with Crippen molar-refractivity contribution in [2.24, 2.45) is 4.99 Å². The van der Waals surface area contributed by atoms with E-state index in [-0.39, 0.29) is 23.0 Å². The normalized spacial score (nSPS) is 16.0. The summed E-state index contributed by atoms with van der Waals surface area (Å²) in [6.45, 7) is 7.60. The number of rotatable bonds is 5. The summed E-state index contributed by atoms with van der Waals surface area (Å²) < 4.78 is 10.5. The minimum Gasteiger partial charge on any atom is -0.506 e. The zero-order valence-electron chi connectivity index (χ0n) is 18.7. The van der Waals surface area contributed by atoms with Gasteiger partial charge in [0.15, 0.2) is 0 Å². The van der Waals surface area contributed by atoms with Crippen LogP contribution in [0.25, 0.3) is 6.08 Å². The number of benzene rings is 2. The summed E-state index contributed by atoms with van der Waals surface area (Å²) in [5.41, 5.74) is 4.02. The average molecular weight is 452 g/mol. The average Bonchev–Trinajstić information content (AvgIpc) is 3.03. The lowest BCUT2D eigenvalue weighted by Gasteiger charge is -2.10. The Kier molecular flexibility index (Phi) is 7.20. The number of hydrogen-bond donors (Lipinski definition) is 1. The van der Waals surface area contributed by atoms with E-state index < -0.39 is 11.9 Å². The fraction of sp³-hybridized carbons (Fsp3) is 0.240. The van der Waals surface area contributed by atoms with Gasteiger partial charge in [0.2, 0.25) is 0 Å². The number of hydrogen-bond acceptors (Lipinski definition) is 6. The second kappa shape index (κ2) is 9.87. The molecular weight excluding hydrogens is 426 g/mol. The van der Waals surface area contributed by atoms with Crippen LogP contribution in [0.1, 0.15) is 39.5 Å². The van der Waals surface area contributed by atoms with Crippen LogP contribution in [0, 0.1) is 20.8 Å². The summed E-state index contributed by atoms with van der Waals surface area (Å²) in [7, 11) is 1.62. The van der Waals surface area contributed by atoms with Gasteiger partial charge in [-0.25, -0.2) is 9.79 Å². The number of carbonyl (C=O) groups is 2. The van der Waals surface area contributed by atoms with Gasteiger partial charge in [-0.05, 0) is 74.7 Å². The molecule has 2 aromatic rings. The predicted molar refractivity (Wildman–Crippen MR) is 127 cm³/mol. The molecule has 0 spiro atoms. The van der Waals surface area contributed by atoms with E-state index in [1.807, 2.05) is 45.0 Å². The maximum absolute atomic E-state index is 12.7. The number of thioether (sulfide) groups is 1. The Morgan fingerprint density at radius 2 is 1.72 bits per heavy atom. The van der Waals surface area contributed by atoms with Crippen LogP contribution in [-0.2, 0) is 9.53 Å². The van der Waals surface area contributed by atoms with Crippen LogP contribution in [0.5, 0.6) is 5.75 Å². The summed E-state index contributed by atoms with van der Waals surface area (Å²) in [4.78, 5) is 29.7. The monoisotopic (exact) mass is 451 g/mol. The van der Waals surface area contributed by atoms with Gasteiger partial charge >= 0.3 is 5.97 Å². The van der Waals surface area contributed by atoms with E-state index in [0.717, 1.165) is 39.8 Å². The molecule has 1 amide bonds. The van der Waals surface area contributed by atoms with Crippen molar-refractivity contribution in [1.29, 1.82) is 0 Å². The predicted octanol–water partition coefficient (Wildman–Crippen LogP) is 5.32. The Hall–Kier alpha value is -3.32. The van der Waals surface area contributed by atoms with Gasteiger partial charge < -0.3 is 14.6 Å². The van der Waals surface area contributed by atoms with E-state index in [0.29, 0.717) is 10.5 Å². The summed E-state index contributed by atoms with van der Waals surface area (Å²) in [5, 5.41) is 10.9. The van der Waals surface area contributed by atoms with E-state index in [1.165, 1.54) is 0 Å². The van der Waals surface area contributed by atoms with Gasteiger partial charge in [-0.1, -0.05) is 29.5 Å². The van der Waals surface area contributed by atoms with Crippen molar-refractivity contribution in [3.63, 3.8) is 0 Å². The van der Waals surface area contributed by atoms with Gasteiger partial charge in [-0.15, -0.1) is 0 Å². The first-order valence-electron chi connectivity index (χ1n) is 10.1. The van der Waals surface area contributed by atoms with Crippen molar-refractivity contribution in [3.05, 3.63) is 80.5 Å². The summed E-state index contributed by atoms with van der Waals surface area (Å²) in [5.74, 6) is -0.683. The maximum Gasteiger partial charge on any atom is 0.344 e. The van der Waals surface area contributed by atoms with Crippen LogP contribution >= 0.6 is 11.8 Å². The quantitative estimate of drug-likeness (QED) is 0.619. The molecule has 0 bridgehead atoms. The Labute approximate surface area is 191 Å². The Morgan fingerprint density at radius 1 is 1.09 bits per heavy atom. The second-order valence-corrected chi connectivity index (χ2v) is 8.36. The number of aryl methyl sites for hydroxylation is 3. The molecule has 3 rings (SSSR count). The molecule has 32 heavy (non-hydrogen) atoms. The van der Waals surface area contributed by atoms with E-state index >= 15 is 0 Å². The number of aliphatic imine (C=N–C) groups is 1. The van der Waals surface area contributed by atoms with Gasteiger partial charge in [-0.3, -0.25) is 4.79 Å². The highest BCUT2D eigenvalue weighted by Crippen LogP contribution is 2.40. The SMILES string of the molecule is CCOC(=O)C1=C(O)/C(=C/c2cc(C)c(OC)c(C)c2)SC1=NC(=O)c1ccc(C)cc1. The molecule has 1 aliphatic rings. The highest BCUT2D eigenvalue weighted by molar-refractivity contribution is 8.18. The summed E-state index contributed by atoms with van der Waals surface area (Å²) in [6.07, 6.45) is 1.75. The molecule has 0 unspecified atom stereocenters. The molecule has 0 fully saturated rings. The van der Waals surface area contributed by atoms with Gasteiger partial charge in [0.05, 0.1) is 18.6 Å². The first-order chi connectivity index (χ1) is 15.2. The largest absolute Gasteiger partial charge is 0.506 e. The Bertz CT molecular complexity index is 1140. The topological polar surface area (TPSA) is 85.2 Å². The van der Waals surface area contributed by atoms with Gasteiger partial charge in [0.1, 0.15) is 22.1 Å².